The van der Waals surface area contributed by atoms with E-state index in [0.29, 0.717) is 11.3 Å². The van der Waals surface area contributed by atoms with Crippen LogP contribution in [0.15, 0.2) is 27.4 Å². The van der Waals surface area contributed by atoms with E-state index in [-0.39, 0.29) is 35.2 Å². The summed E-state index contributed by atoms with van der Waals surface area (Å²) in [5.41, 5.74) is 0.299. The summed E-state index contributed by atoms with van der Waals surface area (Å²) < 4.78 is 5.45. The average Bonchev–Trinajstić information content (AvgIpc) is 2.26. The van der Waals surface area contributed by atoms with Crippen LogP contribution in [0.1, 0.15) is 18.2 Å². The van der Waals surface area contributed by atoms with Crippen molar-refractivity contribution in [2.75, 3.05) is 0 Å². The van der Waals surface area contributed by atoms with Gasteiger partial charge in [-0.05, 0) is 24.6 Å². The molecule has 0 aliphatic carbocycles. The Bertz CT molecular complexity index is 627. The maximum Gasteiger partial charge on any atom is 0.196 e. The molecule has 2 aromatic rings. The Hall–Kier alpha value is -1.85. The second kappa shape index (κ2) is 4.80. The van der Waals surface area contributed by atoms with Gasteiger partial charge in [-0.25, -0.2) is 0 Å². The van der Waals surface area contributed by atoms with Gasteiger partial charge in [0, 0.05) is 12.5 Å². The first-order valence-electron chi connectivity index (χ1n) is 5.59. The molecule has 96 valence electrons. The number of aliphatic hydroxyl groups is 2. The number of rotatable bonds is 3. The minimum Gasteiger partial charge on any atom is -0.507 e. The fourth-order valence-corrected chi connectivity index (χ4v) is 1.86. The van der Waals surface area contributed by atoms with E-state index in [4.69, 9.17) is 9.52 Å². The number of hydrogen-bond donors (Lipinski definition) is 3. The molecule has 0 spiro atoms. The van der Waals surface area contributed by atoms with Crippen LogP contribution in [0.2, 0.25) is 0 Å². The van der Waals surface area contributed by atoms with Crippen LogP contribution in [-0.4, -0.2) is 21.4 Å². The molecule has 1 aromatic heterocycles. The van der Waals surface area contributed by atoms with Crippen molar-refractivity contribution >= 4 is 11.0 Å². The van der Waals surface area contributed by atoms with Crippen molar-refractivity contribution in [3.05, 3.63) is 39.7 Å². The molecule has 5 heteroatoms. The zero-order valence-electron chi connectivity index (χ0n) is 9.88. The van der Waals surface area contributed by atoms with E-state index in [1.165, 1.54) is 18.2 Å². The van der Waals surface area contributed by atoms with E-state index in [1.54, 1.807) is 6.92 Å². The lowest BCUT2D eigenvalue weighted by molar-refractivity contribution is 0.187. The highest BCUT2D eigenvalue weighted by Gasteiger charge is 2.11. The van der Waals surface area contributed by atoms with Crippen molar-refractivity contribution in [2.45, 2.75) is 26.1 Å². The molecule has 0 saturated heterocycles. The fraction of sp³-hybridized carbons (Fsp3) is 0.308. The Kier molecular flexibility index (Phi) is 3.36. The molecule has 0 saturated carbocycles. The van der Waals surface area contributed by atoms with Gasteiger partial charge in [-0.2, -0.15) is 0 Å². The quantitative estimate of drug-likeness (QED) is 0.753. The third-order valence-electron chi connectivity index (χ3n) is 2.60. The second-order valence-electron chi connectivity index (χ2n) is 4.28. The number of fused-ring (bicyclic) bond motifs is 1. The largest absolute Gasteiger partial charge is 0.507 e. The van der Waals surface area contributed by atoms with Gasteiger partial charge >= 0.3 is 0 Å². The van der Waals surface area contributed by atoms with Crippen molar-refractivity contribution in [3.8, 4) is 5.75 Å². The van der Waals surface area contributed by atoms with Gasteiger partial charge in [0.05, 0.1) is 12.7 Å². The van der Waals surface area contributed by atoms with E-state index in [9.17, 15) is 15.0 Å². The van der Waals surface area contributed by atoms with E-state index < -0.39 is 6.10 Å². The third kappa shape index (κ3) is 2.37. The molecule has 5 nitrogen and oxygen atoms in total. The average molecular weight is 250 g/mol. The number of benzene rings is 1. The summed E-state index contributed by atoms with van der Waals surface area (Å²) in [6, 6.07) is 4.09. The van der Waals surface area contributed by atoms with Crippen molar-refractivity contribution in [1.29, 1.82) is 0 Å². The topological polar surface area (TPSA) is 90.9 Å². The Labute approximate surface area is 103 Å². The molecule has 18 heavy (non-hydrogen) atoms. The monoisotopic (exact) mass is 250 g/mol. The first-order valence-corrected chi connectivity index (χ1v) is 5.59. The van der Waals surface area contributed by atoms with Crippen molar-refractivity contribution in [3.63, 3.8) is 0 Å². The zero-order chi connectivity index (χ0) is 13.3. The molecule has 0 fully saturated rings. The summed E-state index contributed by atoms with van der Waals surface area (Å²) in [6.45, 7) is 1.33. The predicted octanol–water partition coefficient (Wildman–Crippen LogP) is 0.914. The van der Waals surface area contributed by atoms with Gasteiger partial charge in [0.25, 0.3) is 0 Å². The van der Waals surface area contributed by atoms with E-state index >= 15 is 0 Å². The van der Waals surface area contributed by atoms with Crippen molar-refractivity contribution < 1.29 is 19.7 Å². The standard InChI is InChI=1S/C13H14O5/c1-7(15)2-9-5-11(17)13-10(16)3-8(6-14)4-12(13)18-9/h3-5,7,14-16H,2,6H2,1H3/t7-/m0/s1. The summed E-state index contributed by atoms with van der Waals surface area (Å²) in [5, 5.41) is 28.1. The van der Waals surface area contributed by atoms with E-state index in [0.717, 1.165) is 0 Å². The Morgan fingerprint density at radius 3 is 2.67 bits per heavy atom. The maximum atomic E-state index is 11.8. The lowest BCUT2D eigenvalue weighted by Crippen LogP contribution is -2.09. The Balaban J connectivity index is 2.67. The van der Waals surface area contributed by atoms with Gasteiger partial charge < -0.3 is 19.7 Å². The normalized spacial score (nSPS) is 12.8. The lowest BCUT2D eigenvalue weighted by Gasteiger charge is -2.07. The minimum atomic E-state index is -0.625. The number of aliphatic hydroxyl groups excluding tert-OH is 2. The van der Waals surface area contributed by atoms with Crippen LogP contribution in [0, 0.1) is 0 Å². The highest BCUT2D eigenvalue weighted by atomic mass is 16.3. The highest BCUT2D eigenvalue weighted by molar-refractivity contribution is 5.83. The molecule has 0 unspecified atom stereocenters. The summed E-state index contributed by atoms with van der Waals surface area (Å²) in [6.07, 6.45) is -0.407. The number of aromatic hydroxyl groups is 1. The maximum absolute atomic E-state index is 11.8. The summed E-state index contributed by atoms with van der Waals surface area (Å²) >= 11 is 0. The predicted molar refractivity (Wildman–Crippen MR) is 65.5 cm³/mol. The molecule has 0 aliphatic rings. The smallest absolute Gasteiger partial charge is 0.196 e. The second-order valence-corrected chi connectivity index (χ2v) is 4.28. The third-order valence-corrected chi connectivity index (χ3v) is 2.60. The Morgan fingerprint density at radius 2 is 2.06 bits per heavy atom. The van der Waals surface area contributed by atoms with Crippen molar-refractivity contribution in [2.24, 2.45) is 0 Å². The van der Waals surface area contributed by atoms with Crippen LogP contribution in [0.3, 0.4) is 0 Å². The van der Waals surface area contributed by atoms with Gasteiger partial charge in [0.1, 0.15) is 22.5 Å². The van der Waals surface area contributed by atoms with E-state index in [1.807, 2.05) is 0 Å². The molecule has 3 N–H and O–H groups in total. The SMILES string of the molecule is C[C@H](O)Cc1cc(=O)c2c(O)cc(CO)cc2o1. The van der Waals surface area contributed by atoms with Crippen LogP contribution < -0.4 is 5.43 Å². The molecule has 0 radical (unpaired) electrons. The first kappa shape index (κ1) is 12.6. The summed E-state index contributed by atoms with van der Waals surface area (Å²) in [7, 11) is 0. The van der Waals surface area contributed by atoms with Gasteiger partial charge in [-0.3, -0.25) is 4.79 Å². The van der Waals surface area contributed by atoms with Gasteiger partial charge in [-0.15, -0.1) is 0 Å². The van der Waals surface area contributed by atoms with Crippen molar-refractivity contribution in [1.82, 2.24) is 0 Å². The van der Waals surface area contributed by atoms with Crippen LogP contribution in [0.5, 0.6) is 5.75 Å². The first-order chi connectivity index (χ1) is 8.51. The molecule has 1 atom stereocenters. The molecule has 0 aliphatic heterocycles. The minimum absolute atomic E-state index is 0.0848. The molecule has 0 bridgehead atoms. The molecular formula is C13H14O5. The van der Waals surface area contributed by atoms with Crippen LogP contribution >= 0.6 is 0 Å². The van der Waals surface area contributed by atoms with Gasteiger partial charge in [-0.1, -0.05) is 0 Å². The molecule has 1 heterocycles. The van der Waals surface area contributed by atoms with E-state index in [2.05, 4.69) is 0 Å². The molecular weight excluding hydrogens is 236 g/mol. The van der Waals surface area contributed by atoms with Gasteiger partial charge in [0.15, 0.2) is 5.43 Å². The number of hydrogen-bond acceptors (Lipinski definition) is 5. The number of phenols is 1. The lowest BCUT2D eigenvalue weighted by atomic mass is 10.1. The molecule has 0 amide bonds. The van der Waals surface area contributed by atoms with Crippen LogP contribution in [-0.2, 0) is 13.0 Å². The molecule has 1 aromatic carbocycles. The highest BCUT2D eigenvalue weighted by Crippen LogP contribution is 2.24. The van der Waals surface area contributed by atoms with Gasteiger partial charge in [0.2, 0.25) is 0 Å². The molecule has 2 rings (SSSR count). The number of phenolic OH excluding ortho intramolecular Hbond substituents is 1. The zero-order valence-corrected chi connectivity index (χ0v) is 9.88. The van der Waals surface area contributed by atoms with Crippen LogP contribution in [0.4, 0.5) is 0 Å². The summed E-state index contributed by atoms with van der Waals surface area (Å²) in [4.78, 5) is 11.8. The fourth-order valence-electron chi connectivity index (χ4n) is 1.86. The van der Waals surface area contributed by atoms with Crippen LogP contribution in [0.25, 0.3) is 11.0 Å². The Morgan fingerprint density at radius 1 is 1.33 bits per heavy atom. The summed E-state index contributed by atoms with van der Waals surface area (Å²) in [5.74, 6) is 0.130.